The Hall–Kier alpha value is -2.83. The third-order valence-corrected chi connectivity index (χ3v) is 5.29. The Bertz CT molecular complexity index is 1240. The first-order chi connectivity index (χ1) is 13.8. The monoisotopic (exact) mass is 429 g/mol. The first-order valence-corrected chi connectivity index (χ1v) is 11.1. The van der Waals surface area contributed by atoms with Crippen LogP contribution in [0.5, 0.6) is 5.75 Å². The molecule has 0 radical (unpaired) electrons. The van der Waals surface area contributed by atoms with Crippen LogP contribution < -0.4 is 9.46 Å². The van der Waals surface area contributed by atoms with Crippen LogP contribution in [0.15, 0.2) is 60.7 Å². The molecule has 0 spiro atoms. The maximum atomic E-state index is 14.2. The highest BCUT2D eigenvalue weighted by Gasteiger charge is 2.19. The zero-order valence-electron chi connectivity index (χ0n) is 15.4. The summed E-state index contributed by atoms with van der Waals surface area (Å²) < 4.78 is 45.5. The molecule has 0 saturated heterocycles. The van der Waals surface area contributed by atoms with Gasteiger partial charge in [0.25, 0.3) is 0 Å². The predicted octanol–water partition coefficient (Wildman–Crippen LogP) is 5.33. The van der Waals surface area contributed by atoms with Gasteiger partial charge in [0.2, 0.25) is 10.0 Å². The number of anilines is 1. The summed E-state index contributed by atoms with van der Waals surface area (Å²) in [5.74, 6) is 0.164. The molecule has 7 heteroatoms. The molecule has 0 fully saturated rings. The maximum Gasteiger partial charge on any atom is 0.229 e. The Kier molecular flexibility index (Phi) is 5.06. The van der Waals surface area contributed by atoms with Gasteiger partial charge >= 0.3 is 0 Å². The van der Waals surface area contributed by atoms with Gasteiger partial charge in [-0.15, -0.1) is 0 Å². The molecule has 0 unspecified atom stereocenters. The normalized spacial score (nSPS) is 14.5. The van der Waals surface area contributed by atoms with E-state index in [0.29, 0.717) is 22.9 Å². The minimum Gasteiger partial charge on any atom is -0.488 e. The Morgan fingerprint density at radius 3 is 2.66 bits per heavy atom. The second-order valence-electron chi connectivity index (χ2n) is 6.79. The lowest BCUT2D eigenvalue weighted by Gasteiger charge is -2.12. The second-order valence-corrected chi connectivity index (χ2v) is 8.98. The third-order valence-electron chi connectivity index (χ3n) is 4.45. The number of rotatable bonds is 3. The number of hydrogen-bond donors (Lipinski definition) is 1. The van der Waals surface area contributed by atoms with E-state index in [1.807, 2.05) is 42.5 Å². The molecule has 1 aliphatic rings. The van der Waals surface area contributed by atoms with E-state index in [2.05, 4.69) is 4.72 Å². The molecule has 0 aromatic heterocycles. The van der Waals surface area contributed by atoms with E-state index in [9.17, 15) is 12.8 Å². The van der Waals surface area contributed by atoms with Crippen molar-refractivity contribution in [2.45, 2.75) is 6.61 Å². The van der Waals surface area contributed by atoms with E-state index in [0.717, 1.165) is 34.6 Å². The molecule has 0 amide bonds. The molecular formula is C22H17ClFNO3S. The summed E-state index contributed by atoms with van der Waals surface area (Å²) in [5, 5.41) is 0.600. The van der Waals surface area contributed by atoms with Crippen molar-refractivity contribution in [1.82, 2.24) is 0 Å². The van der Waals surface area contributed by atoms with Crippen molar-refractivity contribution < 1.29 is 17.5 Å². The van der Waals surface area contributed by atoms with Crippen molar-refractivity contribution >= 4 is 39.0 Å². The minimum absolute atomic E-state index is 0.161. The van der Waals surface area contributed by atoms with Gasteiger partial charge in [0.15, 0.2) is 0 Å². The van der Waals surface area contributed by atoms with Crippen LogP contribution in [0.25, 0.3) is 11.6 Å². The summed E-state index contributed by atoms with van der Waals surface area (Å²) in [4.78, 5) is 0. The topological polar surface area (TPSA) is 55.4 Å². The van der Waals surface area contributed by atoms with Crippen molar-refractivity contribution in [1.29, 1.82) is 0 Å². The van der Waals surface area contributed by atoms with E-state index < -0.39 is 15.8 Å². The van der Waals surface area contributed by atoms with Gasteiger partial charge in [-0.3, -0.25) is 4.72 Å². The summed E-state index contributed by atoms with van der Waals surface area (Å²) in [5.41, 5.74) is 4.20. The zero-order valence-corrected chi connectivity index (χ0v) is 17.0. The molecule has 1 N–H and O–H groups in total. The number of sulfonamides is 1. The zero-order chi connectivity index (χ0) is 20.6. The summed E-state index contributed by atoms with van der Waals surface area (Å²) in [6, 6.07) is 17.2. The van der Waals surface area contributed by atoms with Crippen molar-refractivity contribution in [3.05, 3.63) is 93.8 Å². The highest BCUT2D eigenvalue weighted by Crippen LogP contribution is 2.38. The number of hydrogen-bond acceptors (Lipinski definition) is 3. The average molecular weight is 430 g/mol. The highest BCUT2D eigenvalue weighted by molar-refractivity contribution is 7.92. The van der Waals surface area contributed by atoms with Gasteiger partial charge in [0.05, 0.1) is 11.9 Å². The standard InChI is InChI=1S/C22H17ClFNO3S/c1-29(26,27)25-18-9-14(8-17(24)12-18)10-21-19-7-6-16(23)11-15(19)13-28-22-5-3-2-4-20(21)22/h2-12,25H,13H2,1H3/b21-10+. The number of ether oxygens (including phenoxy) is 1. The second kappa shape index (κ2) is 7.54. The van der Waals surface area contributed by atoms with E-state index in [1.165, 1.54) is 6.07 Å². The lowest BCUT2D eigenvalue weighted by atomic mass is 9.92. The third kappa shape index (κ3) is 4.44. The molecule has 0 aliphatic carbocycles. The van der Waals surface area contributed by atoms with Crippen molar-refractivity contribution in [2.24, 2.45) is 0 Å². The summed E-state index contributed by atoms with van der Waals surface area (Å²) in [7, 11) is -3.52. The van der Waals surface area contributed by atoms with Crippen LogP contribution >= 0.6 is 11.6 Å². The van der Waals surface area contributed by atoms with Gasteiger partial charge < -0.3 is 4.74 Å². The molecule has 0 atom stereocenters. The SMILES string of the molecule is CS(=O)(=O)Nc1cc(F)cc(/C=C2\c3ccc(Cl)cc3COc3ccccc32)c1. The quantitative estimate of drug-likeness (QED) is 0.612. The fraction of sp³-hybridized carbons (Fsp3) is 0.0909. The van der Waals surface area contributed by atoms with Crippen LogP contribution in [0.2, 0.25) is 5.02 Å². The van der Waals surface area contributed by atoms with Gasteiger partial charge in [-0.25, -0.2) is 12.8 Å². The first kappa shape index (κ1) is 19.5. The van der Waals surface area contributed by atoms with Crippen LogP contribution in [0.3, 0.4) is 0 Å². The Morgan fingerprint density at radius 1 is 1.07 bits per heavy atom. The predicted molar refractivity (Wildman–Crippen MR) is 114 cm³/mol. The van der Waals surface area contributed by atoms with Crippen molar-refractivity contribution in [3.8, 4) is 5.75 Å². The molecule has 1 aliphatic heterocycles. The highest BCUT2D eigenvalue weighted by atomic mass is 35.5. The van der Waals surface area contributed by atoms with Gasteiger partial charge in [-0.05, 0) is 64.7 Å². The Morgan fingerprint density at radius 2 is 1.86 bits per heavy atom. The maximum absolute atomic E-state index is 14.2. The number of halogens is 2. The lowest BCUT2D eigenvalue weighted by Crippen LogP contribution is -2.09. The van der Waals surface area contributed by atoms with Crippen LogP contribution in [0.4, 0.5) is 10.1 Å². The number of nitrogens with one attached hydrogen (secondary N) is 1. The molecule has 1 heterocycles. The number of fused-ring (bicyclic) bond motifs is 2. The molecule has 148 valence electrons. The summed E-state index contributed by atoms with van der Waals surface area (Å²) >= 11 is 6.16. The smallest absolute Gasteiger partial charge is 0.229 e. The largest absolute Gasteiger partial charge is 0.488 e. The fourth-order valence-corrected chi connectivity index (χ4v) is 4.09. The van der Waals surface area contributed by atoms with Crippen LogP contribution in [0, 0.1) is 5.82 Å². The van der Waals surface area contributed by atoms with Gasteiger partial charge in [-0.1, -0.05) is 35.9 Å². The Labute approximate surface area is 173 Å². The van der Waals surface area contributed by atoms with Crippen LogP contribution in [-0.2, 0) is 16.6 Å². The number of benzene rings is 3. The molecule has 29 heavy (non-hydrogen) atoms. The van der Waals surface area contributed by atoms with E-state index in [-0.39, 0.29) is 5.69 Å². The number of para-hydroxylation sites is 1. The molecule has 3 aromatic rings. The van der Waals surface area contributed by atoms with Crippen molar-refractivity contribution in [2.75, 3.05) is 11.0 Å². The molecule has 3 aromatic carbocycles. The van der Waals surface area contributed by atoms with E-state index in [4.69, 9.17) is 16.3 Å². The van der Waals surface area contributed by atoms with Gasteiger partial charge in [0, 0.05) is 10.6 Å². The van der Waals surface area contributed by atoms with E-state index >= 15 is 0 Å². The van der Waals surface area contributed by atoms with Crippen molar-refractivity contribution in [3.63, 3.8) is 0 Å². The molecule has 4 nitrogen and oxygen atoms in total. The molecule has 0 saturated carbocycles. The summed E-state index contributed by atoms with van der Waals surface area (Å²) in [6.07, 6.45) is 2.84. The van der Waals surface area contributed by atoms with Gasteiger partial charge in [-0.2, -0.15) is 0 Å². The fourth-order valence-electron chi connectivity index (χ4n) is 3.35. The first-order valence-electron chi connectivity index (χ1n) is 8.79. The average Bonchev–Trinajstić information content (AvgIpc) is 2.77. The molecule has 4 rings (SSSR count). The Balaban J connectivity index is 1.91. The molecular weight excluding hydrogens is 413 g/mol. The molecule has 0 bridgehead atoms. The van der Waals surface area contributed by atoms with Crippen LogP contribution in [-0.4, -0.2) is 14.7 Å². The summed E-state index contributed by atoms with van der Waals surface area (Å²) in [6.45, 7) is 0.355. The lowest BCUT2D eigenvalue weighted by molar-refractivity contribution is 0.307. The van der Waals surface area contributed by atoms with E-state index in [1.54, 1.807) is 12.1 Å². The van der Waals surface area contributed by atoms with Crippen LogP contribution in [0.1, 0.15) is 22.3 Å². The van der Waals surface area contributed by atoms with Gasteiger partial charge in [0.1, 0.15) is 18.2 Å². The minimum atomic E-state index is -3.52.